The molecule has 1 aliphatic heterocycles. The first-order valence-electron chi connectivity index (χ1n) is 7.30. The monoisotopic (exact) mass is 240 g/mol. The first kappa shape index (κ1) is 11.8. The molecule has 1 heteroatoms. The fraction of sp³-hybridized carbons (Fsp3) is 0.529. The van der Waals surface area contributed by atoms with Crippen molar-refractivity contribution in [1.82, 2.24) is 5.32 Å². The van der Waals surface area contributed by atoms with Gasteiger partial charge in [-0.3, -0.25) is 5.32 Å². The Morgan fingerprint density at radius 1 is 0.944 bits per heavy atom. The number of fused-ring (bicyclic) bond motifs is 1. The van der Waals surface area contributed by atoms with Gasteiger partial charge in [0.15, 0.2) is 0 Å². The maximum atomic E-state index is 4.76. The summed E-state index contributed by atoms with van der Waals surface area (Å²) in [6.07, 6.45) is 11.6. The standard InChI is InChI=1S/C17H22N/c1-17(11-7-3-2-4-8-12-17)16-15-10-6-5-9-14(15)13-18-16/h5-6,9-10,13H,2-4,7-8,11-12H2,1H3. The smallest absolute Gasteiger partial charge is 0.0541 e. The molecular weight excluding hydrogens is 218 g/mol. The van der Waals surface area contributed by atoms with Gasteiger partial charge < -0.3 is 0 Å². The second-order valence-electron chi connectivity index (χ2n) is 6.02. The van der Waals surface area contributed by atoms with Crippen LogP contribution in [0.15, 0.2) is 24.3 Å². The van der Waals surface area contributed by atoms with Gasteiger partial charge in [0.1, 0.15) is 0 Å². The minimum atomic E-state index is 0.295. The van der Waals surface area contributed by atoms with Gasteiger partial charge in [0.05, 0.1) is 5.70 Å². The maximum Gasteiger partial charge on any atom is 0.0541 e. The number of benzene rings is 1. The molecule has 3 rings (SSSR count). The summed E-state index contributed by atoms with van der Waals surface area (Å²) in [7, 11) is 0. The molecule has 0 spiro atoms. The van der Waals surface area contributed by atoms with Crippen LogP contribution in [-0.2, 0) is 0 Å². The van der Waals surface area contributed by atoms with E-state index in [1.54, 1.807) is 0 Å². The van der Waals surface area contributed by atoms with Gasteiger partial charge >= 0.3 is 0 Å². The van der Waals surface area contributed by atoms with Crippen molar-refractivity contribution in [1.29, 1.82) is 0 Å². The summed E-state index contributed by atoms with van der Waals surface area (Å²) >= 11 is 0. The Bertz CT molecular complexity index is 533. The first-order chi connectivity index (χ1) is 8.80. The fourth-order valence-corrected chi connectivity index (χ4v) is 3.43. The van der Waals surface area contributed by atoms with Gasteiger partial charge in [-0.15, -0.1) is 0 Å². The van der Waals surface area contributed by atoms with Crippen molar-refractivity contribution in [3.05, 3.63) is 34.7 Å². The fourth-order valence-electron chi connectivity index (χ4n) is 3.43. The summed E-state index contributed by atoms with van der Waals surface area (Å²) in [5, 5.41) is 7.44. The number of hydrogen-bond acceptors (Lipinski definition) is 0. The lowest BCUT2D eigenvalue weighted by atomic mass is 9.75. The molecule has 0 aromatic heterocycles. The highest BCUT2D eigenvalue weighted by atomic mass is 14.9. The van der Waals surface area contributed by atoms with Gasteiger partial charge in [-0.25, -0.2) is 0 Å². The van der Waals surface area contributed by atoms with Gasteiger partial charge in [0, 0.05) is 22.1 Å². The van der Waals surface area contributed by atoms with E-state index in [4.69, 9.17) is 5.32 Å². The third-order valence-corrected chi connectivity index (χ3v) is 4.58. The van der Waals surface area contributed by atoms with Crippen LogP contribution < -0.4 is 15.8 Å². The number of rotatable bonds is 1. The van der Waals surface area contributed by atoms with Crippen LogP contribution >= 0.6 is 0 Å². The average molecular weight is 240 g/mol. The van der Waals surface area contributed by atoms with Crippen LogP contribution in [0, 0.1) is 5.41 Å². The molecule has 95 valence electrons. The van der Waals surface area contributed by atoms with Crippen molar-refractivity contribution in [3.63, 3.8) is 0 Å². The summed E-state index contributed by atoms with van der Waals surface area (Å²) in [4.78, 5) is 0. The van der Waals surface area contributed by atoms with Gasteiger partial charge in [-0.05, 0) is 12.8 Å². The highest BCUT2D eigenvalue weighted by Gasteiger charge is 2.31. The molecule has 0 N–H and O–H groups in total. The van der Waals surface area contributed by atoms with E-state index in [0.29, 0.717) is 5.41 Å². The molecule has 1 saturated carbocycles. The number of hydrogen-bond donors (Lipinski definition) is 0. The Morgan fingerprint density at radius 2 is 1.61 bits per heavy atom. The zero-order valence-corrected chi connectivity index (χ0v) is 11.3. The Morgan fingerprint density at radius 3 is 2.39 bits per heavy atom. The highest BCUT2D eigenvalue weighted by molar-refractivity contribution is 5.59. The molecular formula is C17H22N. The predicted octanol–water partition coefficient (Wildman–Crippen LogP) is 2.90. The summed E-state index contributed by atoms with van der Waals surface area (Å²) in [6, 6.07) is 8.66. The molecule has 0 amide bonds. The molecule has 1 radical (unpaired) electrons. The SMILES string of the molecule is CC1(C2=c3ccccc3=C[N]2)CCCCCCC1. The van der Waals surface area contributed by atoms with Crippen LogP contribution in [0.5, 0.6) is 0 Å². The average Bonchev–Trinajstić information content (AvgIpc) is 2.79. The van der Waals surface area contributed by atoms with Crippen molar-refractivity contribution in [2.75, 3.05) is 0 Å². The lowest BCUT2D eigenvalue weighted by molar-refractivity contribution is 0.312. The molecule has 18 heavy (non-hydrogen) atoms. The minimum Gasteiger partial charge on any atom is -0.259 e. The Hall–Kier alpha value is -1.24. The molecule has 1 aromatic carbocycles. The lowest BCUT2D eigenvalue weighted by Gasteiger charge is -2.32. The van der Waals surface area contributed by atoms with Gasteiger partial charge in [0.25, 0.3) is 0 Å². The molecule has 1 heterocycles. The lowest BCUT2D eigenvalue weighted by Crippen LogP contribution is -2.31. The molecule has 0 atom stereocenters. The molecule has 0 unspecified atom stereocenters. The van der Waals surface area contributed by atoms with Crippen LogP contribution in [0.4, 0.5) is 0 Å². The van der Waals surface area contributed by atoms with E-state index >= 15 is 0 Å². The van der Waals surface area contributed by atoms with Gasteiger partial charge in [0.2, 0.25) is 0 Å². The molecule has 1 fully saturated rings. The quantitative estimate of drug-likeness (QED) is 0.716. The molecule has 0 saturated heterocycles. The Balaban J connectivity index is 2.02. The summed E-state index contributed by atoms with van der Waals surface area (Å²) in [5.74, 6) is 0. The van der Waals surface area contributed by atoms with Gasteiger partial charge in [-0.1, -0.05) is 63.3 Å². The predicted molar refractivity (Wildman–Crippen MR) is 76.1 cm³/mol. The van der Waals surface area contributed by atoms with E-state index < -0.39 is 0 Å². The van der Waals surface area contributed by atoms with Crippen LogP contribution in [0.2, 0.25) is 0 Å². The van der Waals surface area contributed by atoms with E-state index in [0.717, 1.165) is 0 Å². The minimum absolute atomic E-state index is 0.295. The molecule has 2 aliphatic rings. The van der Waals surface area contributed by atoms with Crippen molar-refractivity contribution in [2.45, 2.75) is 51.9 Å². The zero-order chi connectivity index (χ0) is 12.4. The van der Waals surface area contributed by atoms with Crippen molar-refractivity contribution in [3.8, 4) is 0 Å². The number of nitrogens with zero attached hydrogens (tertiary/aromatic N) is 1. The zero-order valence-electron chi connectivity index (χ0n) is 11.3. The second kappa shape index (κ2) is 4.79. The van der Waals surface area contributed by atoms with E-state index in [-0.39, 0.29) is 0 Å². The van der Waals surface area contributed by atoms with Crippen molar-refractivity contribution >= 4 is 11.9 Å². The van der Waals surface area contributed by atoms with Crippen LogP contribution in [-0.4, -0.2) is 0 Å². The molecule has 1 aliphatic carbocycles. The topological polar surface area (TPSA) is 14.1 Å². The van der Waals surface area contributed by atoms with E-state index in [9.17, 15) is 0 Å². The van der Waals surface area contributed by atoms with Crippen molar-refractivity contribution in [2.24, 2.45) is 5.41 Å². The van der Waals surface area contributed by atoms with E-state index in [1.165, 1.54) is 61.1 Å². The van der Waals surface area contributed by atoms with E-state index in [1.807, 2.05) is 0 Å². The van der Waals surface area contributed by atoms with Crippen molar-refractivity contribution < 1.29 is 0 Å². The molecule has 1 nitrogen and oxygen atoms in total. The van der Waals surface area contributed by atoms with E-state index in [2.05, 4.69) is 37.4 Å². The third-order valence-electron chi connectivity index (χ3n) is 4.58. The van der Waals surface area contributed by atoms with Crippen LogP contribution in [0.1, 0.15) is 51.9 Å². The summed E-state index contributed by atoms with van der Waals surface area (Å²) in [6.45, 7) is 2.42. The largest absolute Gasteiger partial charge is 0.259 e. The first-order valence-corrected chi connectivity index (χ1v) is 7.30. The highest BCUT2D eigenvalue weighted by Crippen LogP contribution is 2.40. The second-order valence-corrected chi connectivity index (χ2v) is 6.02. The maximum absolute atomic E-state index is 4.76. The normalized spacial score (nSPS) is 22.4. The Kier molecular flexibility index (Phi) is 3.15. The molecule has 0 bridgehead atoms. The van der Waals surface area contributed by atoms with Crippen LogP contribution in [0.25, 0.3) is 11.9 Å². The molecule has 1 aromatic rings. The summed E-state index contributed by atoms with van der Waals surface area (Å²) in [5.41, 5.74) is 1.64. The van der Waals surface area contributed by atoms with Crippen LogP contribution in [0.3, 0.4) is 0 Å². The third kappa shape index (κ3) is 2.07. The van der Waals surface area contributed by atoms with Gasteiger partial charge in [-0.2, -0.15) is 0 Å². The Labute approximate surface area is 110 Å². The summed E-state index contributed by atoms with van der Waals surface area (Å²) < 4.78 is 0.